The molecule has 0 fully saturated rings. The van der Waals surface area contributed by atoms with Gasteiger partial charge in [-0.3, -0.25) is 4.79 Å². The zero-order chi connectivity index (χ0) is 21.7. The maximum atomic E-state index is 13.1. The van der Waals surface area contributed by atoms with E-state index in [0.717, 1.165) is 22.6 Å². The van der Waals surface area contributed by atoms with Crippen molar-refractivity contribution in [3.8, 4) is 5.75 Å². The van der Waals surface area contributed by atoms with Gasteiger partial charge in [0, 0.05) is 24.4 Å². The van der Waals surface area contributed by atoms with Crippen LogP contribution in [0.25, 0.3) is 0 Å². The fourth-order valence-corrected chi connectivity index (χ4v) is 3.57. The molecule has 2 aromatic carbocycles. The Hall–Kier alpha value is -2.53. The van der Waals surface area contributed by atoms with E-state index < -0.39 is 0 Å². The first-order chi connectivity index (χ1) is 14.2. The highest BCUT2D eigenvalue weighted by atomic mass is 35.5. The summed E-state index contributed by atoms with van der Waals surface area (Å²) in [4.78, 5) is 20.6. The number of carbonyl (C=O) groups excluding carboxylic acids is 1. The quantitative estimate of drug-likeness (QED) is 0.600. The molecule has 0 saturated carbocycles. The van der Waals surface area contributed by atoms with Gasteiger partial charge < -0.3 is 14.5 Å². The lowest BCUT2D eigenvalue weighted by Gasteiger charge is -2.28. The van der Waals surface area contributed by atoms with Crippen molar-refractivity contribution in [3.05, 3.63) is 64.7 Å². The molecule has 1 amide bonds. The van der Waals surface area contributed by atoms with E-state index in [9.17, 15) is 4.79 Å². The number of rotatable bonds is 7. The normalized spacial score (nSPS) is 16.0. The molecular weight excluding hydrogens is 400 g/mol. The molecule has 0 aromatic heterocycles. The molecule has 1 atom stereocenters. The van der Waals surface area contributed by atoms with Gasteiger partial charge in [0.15, 0.2) is 6.10 Å². The van der Waals surface area contributed by atoms with E-state index >= 15 is 0 Å². The monoisotopic (exact) mass is 428 g/mol. The molecule has 1 aliphatic rings. The fourth-order valence-electron chi connectivity index (χ4n) is 3.38. The summed E-state index contributed by atoms with van der Waals surface area (Å²) in [6.45, 7) is 7.11. The number of hydrogen-bond acceptors (Lipinski definition) is 4. The molecule has 0 bridgehead atoms. The summed E-state index contributed by atoms with van der Waals surface area (Å²) in [7, 11) is 1.64. The number of halogens is 1. The summed E-state index contributed by atoms with van der Waals surface area (Å²) in [6.07, 6.45) is 0.915. The Bertz CT molecular complexity index is 903. The Labute approximate surface area is 183 Å². The molecule has 0 N–H and O–H groups in total. The molecule has 0 radical (unpaired) electrons. The van der Waals surface area contributed by atoms with Crippen LogP contribution in [0, 0.1) is 5.41 Å². The molecule has 30 heavy (non-hydrogen) atoms. The summed E-state index contributed by atoms with van der Waals surface area (Å²) >= 11 is 6.35. The zero-order valence-corrected chi connectivity index (χ0v) is 18.8. The van der Waals surface area contributed by atoms with Crippen molar-refractivity contribution >= 4 is 23.2 Å². The molecule has 1 unspecified atom stereocenters. The van der Waals surface area contributed by atoms with Gasteiger partial charge in [-0.25, -0.2) is 0 Å². The van der Waals surface area contributed by atoms with E-state index in [1.807, 2.05) is 53.4 Å². The zero-order valence-electron chi connectivity index (χ0n) is 18.0. The van der Waals surface area contributed by atoms with Crippen LogP contribution < -0.4 is 4.74 Å². The second-order valence-electron chi connectivity index (χ2n) is 8.80. The minimum absolute atomic E-state index is 0.0870. The van der Waals surface area contributed by atoms with Crippen molar-refractivity contribution in [1.82, 2.24) is 4.90 Å². The van der Waals surface area contributed by atoms with Gasteiger partial charge >= 0.3 is 0 Å². The first-order valence-corrected chi connectivity index (χ1v) is 10.5. The number of ether oxygens (including phenoxy) is 1. The third-order valence-electron chi connectivity index (χ3n) is 4.93. The first-order valence-electron chi connectivity index (χ1n) is 10.1. The average Bonchev–Trinajstić information content (AvgIpc) is 3.16. The number of methoxy groups -OCH3 is 1. The predicted molar refractivity (Wildman–Crippen MR) is 120 cm³/mol. The lowest BCUT2D eigenvalue weighted by atomic mass is 9.91. The van der Waals surface area contributed by atoms with Crippen molar-refractivity contribution in [2.75, 3.05) is 13.7 Å². The van der Waals surface area contributed by atoms with Crippen LogP contribution in [0.5, 0.6) is 5.75 Å². The Balaban J connectivity index is 1.70. The molecule has 160 valence electrons. The van der Waals surface area contributed by atoms with Gasteiger partial charge in [0.25, 0.3) is 0 Å². The minimum atomic E-state index is -0.187. The van der Waals surface area contributed by atoms with Gasteiger partial charge in [0.05, 0.1) is 19.4 Å². The molecule has 1 aliphatic heterocycles. The summed E-state index contributed by atoms with van der Waals surface area (Å²) in [5.74, 6) is 0.887. The van der Waals surface area contributed by atoms with Crippen LogP contribution in [0.2, 0.25) is 5.02 Å². The number of hydrogen-bond donors (Lipinski definition) is 0. The maximum absolute atomic E-state index is 13.1. The summed E-state index contributed by atoms with van der Waals surface area (Å²) in [5, 5.41) is 4.93. The molecule has 1 heterocycles. The Morgan fingerprint density at radius 1 is 1.20 bits per heavy atom. The van der Waals surface area contributed by atoms with Gasteiger partial charge in [-0.2, -0.15) is 0 Å². The summed E-state index contributed by atoms with van der Waals surface area (Å²) in [5.41, 5.74) is 2.70. The molecule has 2 aromatic rings. The third kappa shape index (κ3) is 5.99. The van der Waals surface area contributed by atoms with Gasteiger partial charge in [-0.05, 0) is 46.9 Å². The molecule has 6 heteroatoms. The van der Waals surface area contributed by atoms with Gasteiger partial charge in [0.2, 0.25) is 5.91 Å². The predicted octanol–water partition coefficient (Wildman–Crippen LogP) is 5.31. The van der Waals surface area contributed by atoms with Gasteiger partial charge in [-0.1, -0.05) is 55.7 Å². The van der Waals surface area contributed by atoms with Gasteiger partial charge in [-0.15, -0.1) is 0 Å². The number of amides is 1. The lowest BCUT2D eigenvalue weighted by Crippen LogP contribution is -2.38. The molecule has 0 saturated heterocycles. The maximum Gasteiger partial charge on any atom is 0.223 e. The smallest absolute Gasteiger partial charge is 0.223 e. The Morgan fingerprint density at radius 3 is 2.53 bits per heavy atom. The van der Waals surface area contributed by atoms with Gasteiger partial charge in [0.1, 0.15) is 5.75 Å². The van der Waals surface area contributed by atoms with E-state index in [4.69, 9.17) is 21.2 Å². The van der Waals surface area contributed by atoms with Crippen molar-refractivity contribution < 1.29 is 14.4 Å². The third-order valence-corrected chi connectivity index (χ3v) is 5.30. The van der Waals surface area contributed by atoms with E-state index in [1.165, 1.54) is 0 Å². The molecule has 0 spiro atoms. The fraction of sp³-hybridized carbons (Fsp3) is 0.417. The van der Waals surface area contributed by atoms with Crippen LogP contribution in [0.15, 0.2) is 53.7 Å². The van der Waals surface area contributed by atoms with E-state index in [-0.39, 0.29) is 17.4 Å². The number of oxime groups is 1. The first kappa shape index (κ1) is 22.2. The van der Waals surface area contributed by atoms with Crippen LogP contribution in [0.3, 0.4) is 0 Å². The van der Waals surface area contributed by atoms with Crippen molar-refractivity contribution in [3.63, 3.8) is 0 Å². The molecular formula is C24H29ClN2O3. The van der Waals surface area contributed by atoms with E-state index in [2.05, 4.69) is 25.9 Å². The van der Waals surface area contributed by atoms with E-state index in [1.54, 1.807) is 7.11 Å². The van der Waals surface area contributed by atoms with Crippen molar-refractivity contribution in [2.45, 2.75) is 46.3 Å². The average molecular weight is 429 g/mol. The number of benzene rings is 2. The van der Waals surface area contributed by atoms with Crippen LogP contribution in [-0.4, -0.2) is 36.3 Å². The second-order valence-corrected chi connectivity index (χ2v) is 9.21. The van der Waals surface area contributed by atoms with Crippen LogP contribution in [0.1, 0.15) is 44.7 Å². The SMILES string of the molecule is COc1ccc(C2=NOC(CN(Cc3ccccc3Cl)C(=O)CC(C)(C)C)C2)cc1. The van der Waals surface area contributed by atoms with E-state index in [0.29, 0.717) is 31.0 Å². The largest absolute Gasteiger partial charge is 0.497 e. The summed E-state index contributed by atoms with van der Waals surface area (Å²) < 4.78 is 5.21. The minimum Gasteiger partial charge on any atom is -0.497 e. The topological polar surface area (TPSA) is 51.1 Å². The highest BCUT2D eigenvalue weighted by Gasteiger charge is 2.29. The summed E-state index contributed by atoms with van der Waals surface area (Å²) in [6, 6.07) is 15.4. The van der Waals surface area contributed by atoms with Crippen molar-refractivity contribution in [1.29, 1.82) is 0 Å². The highest BCUT2D eigenvalue weighted by Crippen LogP contribution is 2.25. The highest BCUT2D eigenvalue weighted by molar-refractivity contribution is 6.31. The Kier molecular flexibility index (Phi) is 7.03. The molecule has 3 rings (SSSR count). The number of carbonyl (C=O) groups is 1. The van der Waals surface area contributed by atoms with Crippen LogP contribution in [0.4, 0.5) is 0 Å². The number of nitrogens with zero attached hydrogens (tertiary/aromatic N) is 2. The lowest BCUT2D eigenvalue weighted by molar-refractivity contribution is -0.135. The Morgan fingerprint density at radius 2 is 1.90 bits per heavy atom. The molecule has 0 aliphatic carbocycles. The second kappa shape index (κ2) is 9.52. The van der Waals surface area contributed by atoms with Crippen molar-refractivity contribution in [2.24, 2.45) is 10.6 Å². The van der Waals surface area contributed by atoms with Crippen LogP contribution in [-0.2, 0) is 16.2 Å². The standard InChI is InChI=1S/C24H29ClN2O3/c1-24(2,3)14-23(28)27(15-18-7-5-6-8-21(18)25)16-20-13-22(26-30-20)17-9-11-19(29-4)12-10-17/h5-12,20H,13-16H2,1-4H3. The molecule has 5 nitrogen and oxygen atoms in total. The van der Waals surface area contributed by atoms with Crippen LogP contribution >= 0.6 is 11.6 Å².